The van der Waals surface area contributed by atoms with Crippen LogP contribution in [0.2, 0.25) is 0 Å². The number of rotatable bonds is 3. The van der Waals surface area contributed by atoms with Crippen LogP contribution in [0, 0.1) is 0 Å². The molecule has 34 heavy (non-hydrogen) atoms. The topological polar surface area (TPSA) is 65.2 Å². The van der Waals surface area contributed by atoms with Crippen LogP contribution < -0.4 is 15.6 Å². The molecule has 2 bridgehead atoms. The number of carbonyl (C=O) groups excluding carboxylic acids is 1. The molecule has 3 aliphatic rings. The van der Waals surface area contributed by atoms with Crippen molar-refractivity contribution < 1.29 is 31.1 Å². The summed E-state index contributed by atoms with van der Waals surface area (Å²) in [5.74, 6) is -1.25. The van der Waals surface area contributed by atoms with Gasteiger partial charge in [-0.05, 0) is 49.6 Å². The van der Waals surface area contributed by atoms with Crippen LogP contribution in [0.1, 0.15) is 40.7 Å². The largest absolute Gasteiger partial charge is 0.418 e. The Hall–Kier alpha value is -3.50. The molecule has 1 amide bonds. The Morgan fingerprint density at radius 1 is 0.971 bits per heavy atom. The zero-order valence-corrected chi connectivity index (χ0v) is 17.3. The molecule has 2 atom stereocenters. The summed E-state index contributed by atoms with van der Waals surface area (Å²) in [4.78, 5) is 29.9. The van der Waals surface area contributed by atoms with Crippen molar-refractivity contribution in [3.63, 3.8) is 0 Å². The number of anilines is 2. The number of H-pyrrole nitrogens is 1. The van der Waals surface area contributed by atoms with Gasteiger partial charge < -0.3 is 15.2 Å². The Bertz CT molecular complexity index is 1350. The number of nitrogens with one attached hydrogen (secondary N) is 2. The summed E-state index contributed by atoms with van der Waals surface area (Å²) in [6, 6.07) is 6.94. The number of carbonyl (C=O) groups is 1. The summed E-state index contributed by atoms with van der Waals surface area (Å²) in [6.07, 6.45) is -6.02. The maximum Gasteiger partial charge on any atom is 0.418 e. The standard InChI is InChI=1S/C23H17F6N3O2/c24-22(25,26)15-2-1-3-18-19(15)20(33)14(10-30-18)21(34)31-17-7-6-13(9-16(17)23(27,28)29)32-11-4-5-12(32)8-11/h1-3,6-7,9-12H,4-5,8H2,(H,30,33)(H,31,34). The fourth-order valence-corrected chi connectivity index (χ4v) is 4.92. The third-order valence-electron chi connectivity index (χ3n) is 6.48. The van der Waals surface area contributed by atoms with E-state index in [1.54, 1.807) is 0 Å². The Morgan fingerprint density at radius 2 is 1.65 bits per heavy atom. The highest BCUT2D eigenvalue weighted by atomic mass is 19.4. The molecular weight excluding hydrogens is 464 g/mol. The second-order valence-electron chi connectivity index (χ2n) is 8.47. The van der Waals surface area contributed by atoms with Gasteiger partial charge in [-0.2, -0.15) is 26.3 Å². The highest BCUT2D eigenvalue weighted by molar-refractivity contribution is 6.06. The van der Waals surface area contributed by atoms with Gasteiger partial charge >= 0.3 is 12.4 Å². The molecule has 3 heterocycles. The van der Waals surface area contributed by atoms with E-state index in [2.05, 4.69) is 10.3 Å². The van der Waals surface area contributed by atoms with E-state index in [1.165, 1.54) is 12.1 Å². The summed E-state index contributed by atoms with van der Waals surface area (Å²) in [7, 11) is 0. The van der Waals surface area contributed by atoms with E-state index in [9.17, 15) is 35.9 Å². The van der Waals surface area contributed by atoms with Gasteiger partial charge in [-0.25, -0.2) is 0 Å². The van der Waals surface area contributed by atoms with Gasteiger partial charge in [0, 0.05) is 29.5 Å². The van der Waals surface area contributed by atoms with E-state index in [0.717, 1.165) is 43.7 Å². The first-order chi connectivity index (χ1) is 15.9. The molecule has 5 nitrogen and oxygen atoms in total. The number of aromatic amines is 1. The van der Waals surface area contributed by atoms with Crippen molar-refractivity contribution in [2.24, 2.45) is 0 Å². The number of hydrogen-bond donors (Lipinski definition) is 2. The molecule has 1 aromatic heterocycles. The van der Waals surface area contributed by atoms with Gasteiger partial charge in [-0.1, -0.05) is 6.07 Å². The predicted octanol–water partition coefficient (Wildman–Crippen LogP) is 5.56. The third kappa shape index (κ3) is 3.59. The zero-order valence-electron chi connectivity index (χ0n) is 17.3. The zero-order chi connectivity index (χ0) is 24.4. The van der Waals surface area contributed by atoms with Crippen LogP contribution in [0.25, 0.3) is 10.9 Å². The van der Waals surface area contributed by atoms with E-state index >= 15 is 0 Å². The lowest BCUT2D eigenvalue weighted by Gasteiger charge is -2.43. The quantitative estimate of drug-likeness (QED) is 0.482. The smallest absolute Gasteiger partial charge is 0.365 e. The Kier molecular flexibility index (Phi) is 4.92. The summed E-state index contributed by atoms with van der Waals surface area (Å²) < 4.78 is 81.5. The molecule has 1 saturated carbocycles. The number of amides is 1. The lowest BCUT2D eigenvalue weighted by atomic mass is 10.0. The number of aromatic nitrogens is 1. The number of hydrogen-bond acceptors (Lipinski definition) is 3. The molecule has 3 aromatic rings. The van der Waals surface area contributed by atoms with Gasteiger partial charge in [-0.15, -0.1) is 0 Å². The molecular formula is C23H17F6N3O2. The monoisotopic (exact) mass is 481 g/mol. The maximum atomic E-state index is 13.8. The van der Waals surface area contributed by atoms with Crippen molar-refractivity contribution in [3.8, 4) is 0 Å². The maximum absolute atomic E-state index is 13.8. The summed E-state index contributed by atoms with van der Waals surface area (Å²) in [6.45, 7) is 0. The molecule has 3 fully saturated rings. The van der Waals surface area contributed by atoms with Crippen molar-refractivity contribution in [2.75, 3.05) is 10.2 Å². The highest BCUT2D eigenvalue weighted by Crippen LogP contribution is 2.46. The fourth-order valence-electron chi connectivity index (χ4n) is 4.92. The van der Waals surface area contributed by atoms with E-state index < -0.39 is 51.5 Å². The van der Waals surface area contributed by atoms with Gasteiger partial charge in [-0.3, -0.25) is 9.59 Å². The number of halogens is 6. The van der Waals surface area contributed by atoms with Crippen molar-refractivity contribution in [1.29, 1.82) is 0 Å². The van der Waals surface area contributed by atoms with Crippen LogP contribution in [0.3, 0.4) is 0 Å². The molecule has 2 unspecified atom stereocenters. The average Bonchev–Trinajstić information content (AvgIpc) is 3.39. The predicted molar refractivity (Wildman–Crippen MR) is 113 cm³/mol. The van der Waals surface area contributed by atoms with Crippen LogP contribution in [-0.4, -0.2) is 23.0 Å². The minimum atomic E-state index is -4.86. The number of fused-ring (bicyclic) bond motifs is 2. The second kappa shape index (κ2) is 7.51. The van der Waals surface area contributed by atoms with E-state index in [0.29, 0.717) is 11.8 Å². The third-order valence-corrected chi connectivity index (χ3v) is 6.48. The minimum Gasteiger partial charge on any atom is -0.365 e. The fraction of sp³-hybridized carbons (Fsp3) is 0.304. The minimum absolute atomic E-state index is 0.152. The van der Waals surface area contributed by atoms with E-state index in [1.807, 2.05) is 4.90 Å². The van der Waals surface area contributed by atoms with Crippen LogP contribution in [0.15, 0.2) is 47.4 Å². The van der Waals surface area contributed by atoms with Crippen molar-refractivity contribution >= 4 is 28.2 Å². The Balaban J connectivity index is 1.52. The molecule has 0 spiro atoms. The van der Waals surface area contributed by atoms with Crippen LogP contribution in [0.4, 0.5) is 37.7 Å². The molecule has 11 heteroatoms. The van der Waals surface area contributed by atoms with Crippen LogP contribution in [0.5, 0.6) is 0 Å². The lowest BCUT2D eigenvalue weighted by molar-refractivity contribution is -0.137. The molecule has 2 aliphatic heterocycles. The summed E-state index contributed by atoms with van der Waals surface area (Å²) in [5, 5.41) is 1.30. The summed E-state index contributed by atoms with van der Waals surface area (Å²) in [5.41, 5.74) is -4.66. The first-order valence-electron chi connectivity index (χ1n) is 10.5. The SMILES string of the molecule is O=C(Nc1ccc(N2C3CCC2C3)cc1C(F)(F)F)c1c[nH]c2cccc(C(F)(F)F)c2c1=O. The first kappa shape index (κ1) is 22.3. The van der Waals surface area contributed by atoms with Gasteiger partial charge in [0.1, 0.15) is 5.56 Å². The van der Waals surface area contributed by atoms with E-state index in [4.69, 9.17) is 0 Å². The summed E-state index contributed by atoms with van der Waals surface area (Å²) >= 11 is 0. The molecule has 2 N–H and O–H groups in total. The van der Waals surface area contributed by atoms with E-state index in [-0.39, 0.29) is 17.6 Å². The number of pyridine rings is 1. The number of alkyl halides is 6. The van der Waals surface area contributed by atoms with Crippen molar-refractivity contribution in [3.05, 3.63) is 69.5 Å². The second-order valence-corrected chi connectivity index (χ2v) is 8.47. The number of nitrogens with zero attached hydrogens (tertiary/aromatic N) is 1. The first-order valence-corrected chi connectivity index (χ1v) is 10.5. The van der Waals surface area contributed by atoms with Gasteiger partial charge in [0.05, 0.1) is 22.2 Å². The molecule has 0 radical (unpaired) electrons. The normalized spacial score (nSPS) is 19.9. The Labute approximate surface area is 188 Å². The van der Waals surface area contributed by atoms with Crippen molar-refractivity contribution in [2.45, 2.75) is 43.7 Å². The van der Waals surface area contributed by atoms with Gasteiger partial charge in [0.2, 0.25) is 5.43 Å². The van der Waals surface area contributed by atoms with Gasteiger partial charge in [0.25, 0.3) is 5.91 Å². The molecule has 6 rings (SSSR count). The van der Waals surface area contributed by atoms with Gasteiger partial charge in [0.15, 0.2) is 0 Å². The number of benzene rings is 2. The molecule has 1 aliphatic carbocycles. The average molecular weight is 481 g/mol. The van der Waals surface area contributed by atoms with Crippen molar-refractivity contribution in [1.82, 2.24) is 4.98 Å². The van der Waals surface area contributed by atoms with Crippen LogP contribution in [-0.2, 0) is 12.4 Å². The van der Waals surface area contributed by atoms with Crippen LogP contribution >= 0.6 is 0 Å². The highest BCUT2D eigenvalue weighted by Gasteiger charge is 2.45. The Morgan fingerprint density at radius 3 is 2.26 bits per heavy atom. The molecule has 2 aromatic carbocycles. The molecule has 178 valence electrons. The lowest BCUT2D eigenvalue weighted by Crippen LogP contribution is -2.48. The molecule has 2 saturated heterocycles.